The van der Waals surface area contributed by atoms with Crippen LogP contribution in [0.15, 0.2) is 0 Å². The molecule has 0 aromatic carbocycles. The fraction of sp³-hybridized carbons (Fsp3) is 1.00. The summed E-state index contributed by atoms with van der Waals surface area (Å²) in [6.45, 7) is 14.9. The minimum Gasteiger partial charge on any atom is -0.315 e. The van der Waals surface area contributed by atoms with Gasteiger partial charge in [0.05, 0.1) is 0 Å². The standard InChI is InChI=1S/C15H33N3/c1-14-8-5-6-12-18(14)13-7-9-16-10-11-17-15(2,3)4/h14,16-17H,5-13H2,1-4H3. The molecule has 0 aromatic heterocycles. The second-order valence-corrected chi connectivity index (χ2v) is 6.66. The fourth-order valence-electron chi connectivity index (χ4n) is 2.55. The van der Waals surface area contributed by atoms with E-state index in [0.29, 0.717) is 0 Å². The summed E-state index contributed by atoms with van der Waals surface area (Å²) >= 11 is 0. The number of nitrogens with one attached hydrogen (secondary N) is 2. The first-order valence-corrected chi connectivity index (χ1v) is 7.69. The second-order valence-electron chi connectivity index (χ2n) is 6.66. The van der Waals surface area contributed by atoms with Gasteiger partial charge in [0.1, 0.15) is 0 Å². The molecule has 0 bridgehead atoms. The van der Waals surface area contributed by atoms with Crippen molar-refractivity contribution >= 4 is 0 Å². The van der Waals surface area contributed by atoms with Gasteiger partial charge in [0.15, 0.2) is 0 Å². The van der Waals surface area contributed by atoms with E-state index in [9.17, 15) is 0 Å². The molecule has 1 fully saturated rings. The highest BCUT2D eigenvalue weighted by atomic mass is 15.2. The molecule has 1 heterocycles. The largest absolute Gasteiger partial charge is 0.315 e. The van der Waals surface area contributed by atoms with E-state index < -0.39 is 0 Å². The van der Waals surface area contributed by atoms with E-state index in [1.165, 1.54) is 38.8 Å². The van der Waals surface area contributed by atoms with Crippen molar-refractivity contribution in [2.45, 2.75) is 65.0 Å². The maximum atomic E-state index is 3.52. The van der Waals surface area contributed by atoms with Gasteiger partial charge in [-0.15, -0.1) is 0 Å². The van der Waals surface area contributed by atoms with Crippen molar-refractivity contribution in [2.75, 3.05) is 32.7 Å². The Morgan fingerprint density at radius 3 is 2.56 bits per heavy atom. The Morgan fingerprint density at radius 2 is 1.89 bits per heavy atom. The molecule has 1 saturated heterocycles. The van der Waals surface area contributed by atoms with Crippen molar-refractivity contribution in [3.63, 3.8) is 0 Å². The average Bonchev–Trinajstić information content (AvgIpc) is 2.28. The summed E-state index contributed by atoms with van der Waals surface area (Å²) in [5.41, 5.74) is 0.241. The lowest BCUT2D eigenvalue weighted by atomic mass is 10.0. The average molecular weight is 255 g/mol. The first kappa shape index (κ1) is 15.9. The number of hydrogen-bond acceptors (Lipinski definition) is 3. The van der Waals surface area contributed by atoms with Gasteiger partial charge in [0.25, 0.3) is 0 Å². The predicted molar refractivity (Wildman–Crippen MR) is 80.1 cm³/mol. The summed E-state index contributed by atoms with van der Waals surface area (Å²) < 4.78 is 0. The first-order valence-electron chi connectivity index (χ1n) is 7.69. The highest BCUT2D eigenvalue weighted by Crippen LogP contribution is 2.15. The van der Waals surface area contributed by atoms with Gasteiger partial charge in [0.2, 0.25) is 0 Å². The molecule has 0 aliphatic carbocycles. The first-order chi connectivity index (χ1) is 8.49. The Bertz CT molecular complexity index is 210. The molecule has 1 aliphatic heterocycles. The maximum Gasteiger partial charge on any atom is 0.00970 e. The SMILES string of the molecule is CC1CCCCN1CCCNCCNC(C)(C)C. The van der Waals surface area contributed by atoms with Crippen molar-refractivity contribution in [1.29, 1.82) is 0 Å². The van der Waals surface area contributed by atoms with Crippen molar-refractivity contribution in [3.8, 4) is 0 Å². The lowest BCUT2D eigenvalue weighted by molar-refractivity contribution is 0.159. The van der Waals surface area contributed by atoms with Crippen LogP contribution in [0.1, 0.15) is 53.4 Å². The molecule has 3 nitrogen and oxygen atoms in total. The zero-order chi connectivity index (χ0) is 13.4. The Labute approximate surface area is 114 Å². The summed E-state index contributed by atoms with van der Waals surface area (Å²) in [6, 6.07) is 0.807. The molecule has 1 atom stereocenters. The third-order valence-corrected chi connectivity index (χ3v) is 3.70. The molecule has 1 unspecified atom stereocenters. The Kier molecular flexibility index (Phi) is 7.20. The minimum absolute atomic E-state index is 0.241. The van der Waals surface area contributed by atoms with Crippen molar-refractivity contribution in [3.05, 3.63) is 0 Å². The van der Waals surface area contributed by atoms with Crippen LogP contribution >= 0.6 is 0 Å². The van der Waals surface area contributed by atoms with Crippen LogP contribution in [0.4, 0.5) is 0 Å². The van der Waals surface area contributed by atoms with E-state index in [2.05, 4.69) is 43.2 Å². The van der Waals surface area contributed by atoms with Gasteiger partial charge in [-0.1, -0.05) is 6.42 Å². The number of nitrogens with zero attached hydrogens (tertiary/aromatic N) is 1. The van der Waals surface area contributed by atoms with E-state index in [1.807, 2.05) is 0 Å². The molecule has 1 aliphatic rings. The molecular weight excluding hydrogens is 222 g/mol. The van der Waals surface area contributed by atoms with Crippen LogP contribution in [0.2, 0.25) is 0 Å². The van der Waals surface area contributed by atoms with Gasteiger partial charge in [-0.25, -0.2) is 0 Å². The van der Waals surface area contributed by atoms with Crippen molar-refractivity contribution in [2.24, 2.45) is 0 Å². The molecule has 18 heavy (non-hydrogen) atoms. The molecule has 1 rings (SSSR count). The predicted octanol–water partition coefficient (Wildman–Crippen LogP) is 2.23. The van der Waals surface area contributed by atoms with E-state index >= 15 is 0 Å². The van der Waals surface area contributed by atoms with E-state index in [1.54, 1.807) is 0 Å². The lowest BCUT2D eigenvalue weighted by Crippen LogP contribution is -2.41. The smallest absolute Gasteiger partial charge is 0.00970 e. The van der Waals surface area contributed by atoms with Crippen molar-refractivity contribution < 1.29 is 0 Å². The highest BCUT2D eigenvalue weighted by Gasteiger charge is 2.16. The normalized spacial score (nSPS) is 22.3. The van der Waals surface area contributed by atoms with Gasteiger partial charge in [-0.3, -0.25) is 0 Å². The van der Waals surface area contributed by atoms with Crippen LogP contribution in [-0.2, 0) is 0 Å². The molecule has 108 valence electrons. The molecule has 0 aromatic rings. The summed E-state index contributed by atoms with van der Waals surface area (Å²) in [4.78, 5) is 2.65. The number of piperidine rings is 1. The van der Waals surface area contributed by atoms with Crippen LogP contribution in [-0.4, -0.2) is 49.2 Å². The Balaban J connectivity index is 1.92. The molecule has 3 heteroatoms. The van der Waals surface area contributed by atoms with Crippen molar-refractivity contribution in [1.82, 2.24) is 15.5 Å². The Morgan fingerprint density at radius 1 is 1.11 bits per heavy atom. The Hall–Kier alpha value is -0.120. The summed E-state index contributed by atoms with van der Waals surface area (Å²) in [6.07, 6.45) is 5.49. The number of likely N-dealkylation sites (tertiary alicyclic amines) is 1. The van der Waals surface area contributed by atoms with Gasteiger partial charge in [-0.05, 0) is 66.6 Å². The molecular formula is C15H33N3. The van der Waals surface area contributed by atoms with Gasteiger partial charge >= 0.3 is 0 Å². The molecule has 0 saturated carbocycles. The van der Waals surface area contributed by atoms with Crippen LogP contribution in [0.3, 0.4) is 0 Å². The summed E-state index contributed by atoms with van der Waals surface area (Å²) in [7, 11) is 0. The zero-order valence-corrected chi connectivity index (χ0v) is 12.9. The molecule has 0 radical (unpaired) electrons. The quantitative estimate of drug-likeness (QED) is 0.683. The second kappa shape index (κ2) is 8.13. The topological polar surface area (TPSA) is 27.3 Å². The van der Waals surface area contributed by atoms with E-state index in [4.69, 9.17) is 0 Å². The number of hydrogen-bond donors (Lipinski definition) is 2. The van der Waals surface area contributed by atoms with E-state index in [-0.39, 0.29) is 5.54 Å². The molecule has 2 N–H and O–H groups in total. The third-order valence-electron chi connectivity index (χ3n) is 3.70. The van der Waals surface area contributed by atoms with Gasteiger partial charge in [-0.2, -0.15) is 0 Å². The summed E-state index contributed by atoms with van der Waals surface area (Å²) in [5, 5.41) is 7.02. The van der Waals surface area contributed by atoms with Crippen LogP contribution < -0.4 is 10.6 Å². The van der Waals surface area contributed by atoms with Gasteiger partial charge in [0, 0.05) is 24.7 Å². The molecule has 0 spiro atoms. The highest BCUT2D eigenvalue weighted by molar-refractivity contribution is 4.73. The van der Waals surface area contributed by atoms with E-state index in [0.717, 1.165) is 25.7 Å². The third kappa shape index (κ3) is 7.34. The summed E-state index contributed by atoms with van der Waals surface area (Å²) in [5.74, 6) is 0. The minimum atomic E-state index is 0.241. The monoisotopic (exact) mass is 255 g/mol. The van der Waals surface area contributed by atoms with Crippen LogP contribution in [0, 0.1) is 0 Å². The lowest BCUT2D eigenvalue weighted by Gasteiger charge is -2.33. The maximum absolute atomic E-state index is 3.52. The zero-order valence-electron chi connectivity index (χ0n) is 12.9. The van der Waals surface area contributed by atoms with Crippen LogP contribution in [0.5, 0.6) is 0 Å². The molecule has 0 amide bonds. The van der Waals surface area contributed by atoms with Crippen LogP contribution in [0.25, 0.3) is 0 Å². The number of rotatable bonds is 7. The fourth-order valence-corrected chi connectivity index (χ4v) is 2.55. The van der Waals surface area contributed by atoms with Gasteiger partial charge < -0.3 is 15.5 Å².